The van der Waals surface area contributed by atoms with Crippen LogP contribution < -0.4 is 5.32 Å². The quantitative estimate of drug-likeness (QED) is 0.548. The molecule has 1 rings (SSSR count). The molecule has 0 unspecified atom stereocenters. The van der Waals surface area contributed by atoms with Crippen LogP contribution in [0.15, 0.2) is 27.3 Å². The molecule has 1 amide bonds. The minimum Gasteiger partial charge on any atom is -0.450 e. The maximum atomic E-state index is 11.5. The van der Waals surface area contributed by atoms with E-state index in [1.165, 1.54) is 12.2 Å². The second-order valence-corrected chi connectivity index (χ2v) is 4.50. The van der Waals surface area contributed by atoms with Gasteiger partial charge in [-0.2, -0.15) is 0 Å². The summed E-state index contributed by atoms with van der Waals surface area (Å²) in [6.45, 7) is -1.69. The van der Waals surface area contributed by atoms with Crippen LogP contribution in [-0.2, 0) is 4.79 Å². The van der Waals surface area contributed by atoms with Crippen molar-refractivity contribution in [2.24, 2.45) is 0 Å². The van der Waals surface area contributed by atoms with Crippen LogP contribution in [0.5, 0.6) is 0 Å². The van der Waals surface area contributed by atoms with E-state index in [0.717, 1.165) is 0 Å². The summed E-state index contributed by atoms with van der Waals surface area (Å²) in [5.41, 5.74) is -1.43. The maximum Gasteiger partial charge on any atom is 0.244 e. The monoisotopic (exact) mass is 319 g/mol. The molecule has 6 nitrogen and oxygen atoms in total. The van der Waals surface area contributed by atoms with Gasteiger partial charge in [0.15, 0.2) is 4.67 Å². The first-order chi connectivity index (χ1) is 8.55. The fraction of sp³-hybridized carbons (Fsp3) is 0.364. The highest BCUT2D eigenvalue weighted by atomic mass is 79.9. The van der Waals surface area contributed by atoms with Crippen molar-refractivity contribution in [3.63, 3.8) is 0 Å². The average Bonchev–Trinajstić information content (AvgIpc) is 2.80. The van der Waals surface area contributed by atoms with E-state index in [1.807, 2.05) is 0 Å². The summed E-state index contributed by atoms with van der Waals surface area (Å²) in [7, 11) is 0. The summed E-state index contributed by atoms with van der Waals surface area (Å²) in [6, 6.07) is 3.34. The highest BCUT2D eigenvalue weighted by Crippen LogP contribution is 2.15. The Labute approximate surface area is 112 Å². The van der Waals surface area contributed by atoms with Crippen LogP contribution in [0.4, 0.5) is 0 Å². The van der Waals surface area contributed by atoms with E-state index >= 15 is 0 Å². The number of furan rings is 1. The Kier molecular flexibility index (Phi) is 5.54. The normalized spacial score (nSPS) is 12.0. The van der Waals surface area contributed by atoms with Crippen molar-refractivity contribution in [3.8, 4) is 0 Å². The van der Waals surface area contributed by atoms with Gasteiger partial charge in [0.2, 0.25) is 5.91 Å². The molecule has 0 spiro atoms. The van der Waals surface area contributed by atoms with Gasteiger partial charge >= 0.3 is 0 Å². The minimum atomic E-state index is -1.43. The molecule has 4 N–H and O–H groups in total. The summed E-state index contributed by atoms with van der Waals surface area (Å²) in [5.74, 6) is -0.0840. The zero-order chi connectivity index (χ0) is 13.6. The number of carbonyl (C=O) groups excluding carboxylic acids is 1. The van der Waals surface area contributed by atoms with Crippen molar-refractivity contribution >= 4 is 27.9 Å². The average molecular weight is 320 g/mol. The van der Waals surface area contributed by atoms with Gasteiger partial charge in [-0.1, -0.05) is 0 Å². The molecular formula is C11H14BrNO5. The molecule has 1 aromatic rings. The van der Waals surface area contributed by atoms with Gasteiger partial charge in [-0.15, -0.1) is 0 Å². The lowest BCUT2D eigenvalue weighted by molar-refractivity contribution is -0.120. The third kappa shape index (κ3) is 3.95. The van der Waals surface area contributed by atoms with Crippen LogP contribution in [0.2, 0.25) is 0 Å². The molecule has 0 radical (unpaired) electrons. The van der Waals surface area contributed by atoms with Gasteiger partial charge in [0.25, 0.3) is 0 Å². The molecule has 0 atom stereocenters. The Morgan fingerprint density at radius 2 is 1.94 bits per heavy atom. The lowest BCUT2D eigenvalue weighted by atomic mass is 10.0. The fourth-order valence-electron chi connectivity index (χ4n) is 1.15. The topological polar surface area (TPSA) is 103 Å². The van der Waals surface area contributed by atoms with Gasteiger partial charge in [-0.25, -0.2) is 0 Å². The van der Waals surface area contributed by atoms with E-state index in [1.54, 1.807) is 12.1 Å². The van der Waals surface area contributed by atoms with E-state index in [-0.39, 0.29) is 0 Å². The smallest absolute Gasteiger partial charge is 0.244 e. The van der Waals surface area contributed by atoms with Crippen molar-refractivity contribution in [2.45, 2.75) is 5.54 Å². The largest absolute Gasteiger partial charge is 0.450 e. The second-order valence-electron chi connectivity index (χ2n) is 3.72. The highest BCUT2D eigenvalue weighted by molar-refractivity contribution is 9.10. The van der Waals surface area contributed by atoms with Crippen molar-refractivity contribution < 1.29 is 24.5 Å². The first-order valence-corrected chi connectivity index (χ1v) is 5.93. The lowest BCUT2D eigenvalue weighted by Crippen LogP contribution is -2.56. The van der Waals surface area contributed by atoms with Crippen LogP contribution in [-0.4, -0.2) is 46.6 Å². The zero-order valence-electron chi connectivity index (χ0n) is 9.47. The van der Waals surface area contributed by atoms with E-state index in [4.69, 9.17) is 19.7 Å². The molecule has 1 aromatic heterocycles. The number of halogens is 1. The van der Waals surface area contributed by atoms with E-state index < -0.39 is 31.3 Å². The van der Waals surface area contributed by atoms with Gasteiger partial charge in [-0.3, -0.25) is 4.79 Å². The zero-order valence-corrected chi connectivity index (χ0v) is 11.1. The van der Waals surface area contributed by atoms with Crippen LogP contribution in [0.25, 0.3) is 6.08 Å². The molecule has 0 aliphatic rings. The molecule has 0 aliphatic carbocycles. The lowest BCUT2D eigenvalue weighted by Gasteiger charge is -2.27. The van der Waals surface area contributed by atoms with E-state index in [9.17, 15) is 4.79 Å². The molecule has 100 valence electrons. The van der Waals surface area contributed by atoms with Crippen LogP contribution >= 0.6 is 15.9 Å². The number of hydrogen-bond acceptors (Lipinski definition) is 5. The van der Waals surface area contributed by atoms with Crippen LogP contribution in [0.1, 0.15) is 5.76 Å². The Bertz CT molecular complexity index is 417. The summed E-state index contributed by atoms with van der Waals surface area (Å²) < 4.78 is 5.68. The SMILES string of the molecule is O=C(/C=C/c1ccc(Br)o1)NC(CO)(CO)CO. The van der Waals surface area contributed by atoms with Crippen molar-refractivity contribution in [2.75, 3.05) is 19.8 Å². The maximum absolute atomic E-state index is 11.5. The molecule has 0 aliphatic heterocycles. The molecular weight excluding hydrogens is 306 g/mol. The molecule has 0 fully saturated rings. The predicted molar refractivity (Wildman–Crippen MR) is 67.6 cm³/mol. The third-order valence-electron chi connectivity index (χ3n) is 2.29. The molecule has 1 heterocycles. The Morgan fingerprint density at radius 3 is 2.39 bits per heavy atom. The van der Waals surface area contributed by atoms with Crippen molar-refractivity contribution in [1.82, 2.24) is 5.32 Å². The summed E-state index contributed by atoms with van der Waals surface area (Å²) in [5, 5.41) is 29.4. The van der Waals surface area contributed by atoms with Crippen molar-refractivity contribution in [3.05, 3.63) is 28.6 Å². The summed E-state index contributed by atoms with van der Waals surface area (Å²) in [4.78, 5) is 11.5. The number of nitrogens with one attached hydrogen (secondary N) is 1. The highest BCUT2D eigenvalue weighted by Gasteiger charge is 2.29. The number of aliphatic hydroxyl groups is 3. The van der Waals surface area contributed by atoms with E-state index in [2.05, 4.69) is 21.2 Å². The Hall–Kier alpha value is -1.15. The van der Waals surface area contributed by atoms with Gasteiger partial charge in [0.1, 0.15) is 11.3 Å². The number of carbonyl (C=O) groups is 1. The molecule has 0 saturated heterocycles. The molecule has 0 saturated carbocycles. The molecule has 18 heavy (non-hydrogen) atoms. The number of amides is 1. The minimum absolute atomic E-state index is 0.472. The number of hydrogen-bond donors (Lipinski definition) is 4. The Balaban J connectivity index is 2.63. The predicted octanol–water partition coefficient (Wildman–Crippen LogP) is -0.113. The number of aliphatic hydroxyl groups excluding tert-OH is 3. The third-order valence-corrected chi connectivity index (χ3v) is 2.72. The fourth-order valence-corrected chi connectivity index (χ4v) is 1.47. The summed E-state index contributed by atoms with van der Waals surface area (Å²) in [6.07, 6.45) is 2.61. The standard InChI is InChI=1S/C11H14BrNO5/c12-9-3-1-8(18-9)2-4-10(17)13-11(5-14,6-15)7-16/h1-4,14-16H,5-7H2,(H,13,17)/b4-2+. The Morgan fingerprint density at radius 1 is 1.33 bits per heavy atom. The number of rotatable bonds is 6. The van der Waals surface area contributed by atoms with Gasteiger partial charge in [0.05, 0.1) is 19.8 Å². The van der Waals surface area contributed by atoms with Crippen molar-refractivity contribution in [1.29, 1.82) is 0 Å². The van der Waals surface area contributed by atoms with Gasteiger partial charge in [0, 0.05) is 6.08 Å². The van der Waals surface area contributed by atoms with Gasteiger partial charge in [-0.05, 0) is 34.1 Å². The van der Waals surface area contributed by atoms with Crippen LogP contribution in [0.3, 0.4) is 0 Å². The van der Waals surface area contributed by atoms with E-state index in [0.29, 0.717) is 10.4 Å². The summed E-state index contributed by atoms with van der Waals surface area (Å²) >= 11 is 3.12. The molecule has 0 bridgehead atoms. The molecule has 0 aromatic carbocycles. The van der Waals surface area contributed by atoms with Crippen LogP contribution in [0, 0.1) is 0 Å². The molecule has 7 heteroatoms. The van der Waals surface area contributed by atoms with Gasteiger partial charge < -0.3 is 25.1 Å². The second kappa shape index (κ2) is 6.69. The first kappa shape index (κ1) is 14.9. The first-order valence-electron chi connectivity index (χ1n) is 5.13.